The predicted octanol–water partition coefficient (Wildman–Crippen LogP) is 2.87. The van der Waals surface area contributed by atoms with E-state index in [-0.39, 0.29) is 5.75 Å². The van der Waals surface area contributed by atoms with Gasteiger partial charge in [0.05, 0.1) is 6.04 Å². The van der Waals surface area contributed by atoms with Gasteiger partial charge in [0.25, 0.3) is 0 Å². The molecular formula is C14H16F3NO4. The number of nitrogens with one attached hydrogen (secondary N) is 1. The van der Waals surface area contributed by atoms with Gasteiger partial charge in [-0.2, -0.15) is 0 Å². The third-order valence-corrected chi connectivity index (χ3v) is 3.06. The number of carboxylic acids is 1. The first-order valence-electron chi connectivity index (χ1n) is 6.33. The van der Waals surface area contributed by atoms with E-state index in [0.717, 1.165) is 12.1 Å². The summed E-state index contributed by atoms with van der Waals surface area (Å²) in [7, 11) is 0. The summed E-state index contributed by atoms with van der Waals surface area (Å²) in [5.74, 6) is -2.34. The molecule has 1 unspecified atom stereocenters. The molecule has 2 N–H and O–H groups in total. The third-order valence-electron chi connectivity index (χ3n) is 3.06. The average molecular weight is 319 g/mol. The van der Waals surface area contributed by atoms with Crippen LogP contribution in [0.3, 0.4) is 0 Å². The molecule has 0 radical (unpaired) electrons. The topological polar surface area (TPSA) is 75.6 Å². The summed E-state index contributed by atoms with van der Waals surface area (Å²) >= 11 is 0. The minimum Gasteiger partial charge on any atom is -0.480 e. The lowest BCUT2D eigenvalue weighted by atomic mass is 9.92. The van der Waals surface area contributed by atoms with Gasteiger partial charge in [-0.3, -0.25) is 9.59 Å². The van der Waals surface area contributed by atoms with Crippen LogP contribution < -0.4 is 10.1 Å². The van der Waals surface area contributed by atoms with Crippen molar-refractivity contribution in [2.24, 2.45) is 5.41 Å². The molecule has 1 atom stereocenters. The summed E-state index contributed by atoms with van der Waals surface area (Å²) in [6.07, 6.45) is -4.77. The van der Waals surface area contributed by atoms with E-state index in [4.69, 9.17) is 5.11 Å². The molecule has 122 valence electrons. The van der Waals surface area contributed by atoms with E-state index in [1.54, 1.807) is 6.92 Å². The maximum Gasteiger partial charge on any atom is 0.573 e. The van der Waals surface area contributed by atoms with Crippen LogP contribution in [0.2, 0.25) is 0 Å². The molecule has 0 aliphatic heterocycles. The van der Waals surface area contributed by atoms with Crippen LogP contribution in [0.4, 0.5) is 13.2 Å². The number of hydrogen-bond acceptors (Lipinski definition) is 3. The minimum absolute atomic E-state index is 0.374. The second kappa shape index (κ2) is 6.25. The molecule has 0 saturated carbocycles. The number of aliphatic carboxylic acids is 1. The van der Waals surface area contributed by atoms with Crippen molar-refractivity contribution in [3.8, 4) is 5.75 Å². The number of rotatable bonds is 5. The number of hydrogen-bond donors (Lipinski definition) is 2. The van der Waals surface area contributed by atoms with Gasteiger partial charge in [0.1, 0.15) is 11.2 Å². The van der Waals surface area contributed by atoms with Crippen molar-refractivity contribution in [1.82, 2.24) is 5.32 Å². The predicted molar refractivity (Wildman–Crippen MR) is 71.1 cm³/mol. The fraction of sp³-hybridized carbons (Fsp3) is 0.429. The molecule has 22 heavy (non-hydrogen) atoms. The Bertz CT molecular complexity index is 552. The second-order valence-corrected chi connectivity index (χ2v) is 5.24. The van der Waals surface area contributed by atoms with Crippen molar-refractivity contribution in [1.29, 1.82) is 0 Å². The van der Waals surface area contributed by atoms with Gasteiger partial charge in [-0.1, -0.05) is 12.1 Å². The SMILES string of the molecule is CC(NC(=O)C(C)(C)C(=O)O)c1ccc(OC(F)(F)F)cc1. The van der Waals surface area contributed by atoms with Crippen molar-refractivity contribution in [2.75, 3.05) is 0 Å². The molecule has 0 bridgehead atoms. The Labute approximate surface area is 125 Å². The highest BCUT2D eigenvalue weighted by molar-refractivity contribution is 6.01. The van der Waals surface area contributed by atoms with Crippen LogP contribution in [0.25, 0.3) is 0 Å². The molecule has 0 aliphatic carbocycles. The fourth-order valence-electron chi connectivity index (χ4n) is 1.52. The van der Waals surface area contributed by atoms with Crippen LogP contribution in [0, 0.1) is 5.41 Å². The van der Waals surface area contributed by atoms with Gasteiger partial charge in [-0.25, -0.2) is 0 Å². The third kappa shape index (κ3) is 4.64. The quantitative estimate of drug-likeness (QED) is 0.818. The van der Waals surface area contributed by atoms with Gasteiger partial charge in [0.2, 0.25) is 5.91 Å². The summed E-state index contributed by atoms with van der Waals surface area (Å²) in [5.41, 5.74) is -1.09. The molecule has 0 aliphatic rings. The molecule has 0 aromatic heterocycles. The van der Waals surface area contributed by atoms with E-state index in [2.05, 4.69) is 10.1 Å². The Morgan fingerprint density at radius 3 is 2.09 bits per heavy atom. The van der Waals surface area contributed by atoms with Crippen LogP contribution in [0.15, 0.2) is 24.3 Å². The average Bonchev–Trinajstić information content (AvgIpc) is 2.37. The number of carboxylic acid groups (broad SMARTS) is 1. The van der Waals surface area contributed by atoms with E-state index < -0.39 is 29.7 Å². The summed E-state index contributed by atoms with van der Waals surface area (Å²) in [5, 5.41) is 11.5. The molecule has 0 heterocycles. The molecule has 1 aromatic carbocycles. The summed E-state index contributed by atoms with van der Waals surface area (Å²) < 4.78 is 39.9. The molecule has 1 aromatic rings. The number of amides is 1. The highest BCUT2D eigenvalue weighted by Gasteiger charge is 2.36. The monoisotopic (exact) mass is 319 g/mol. The van der Waals surface area contributed by atoms with Crippen molar-refractivity contribution >= 4 is 11.9 Å². The van der Waals surface area contributed by atoms with Crippen LogP contribution >= 0.6 is 0 Å². The Hall–Kier alpha value is -2.25. The maximum absolute atomic E-state index is 12.0. The molecule has 0 spiro atoms. The second-order valence-electron chi connectivity index (χ2n) is 5.24. The van der Waals surface area contributed by atoms with Gasteiger partial charge in [-0.15, -0.1) is 13.2 Å². The molecule has 8 heteroatoms. The van der Waals surface area contributed by atoms with E-state index in [9.17, 15) is 22.8 Å². The number of alkyl halides is 3. The smallest absolute Gasteiger partial charge is 0.480 e. The van der Waals surface area contributed by atoms with Crippen LogP contribution in [-0.2, 0) is 9.59 Å². The highest BCUT2D eigenvalue weighted by Crippen LogP contribution is 2.25. The van der Waals surface area contributed by atoms with E-state index >= 15 is 0 Å². The first-order valence-corrected chi connectivity index (χ1v) is 6.33. The van der Waals surface area contributed by atoms with E-state index in [1.807, 2.05) is 0 Å². The van der Waals surface area contributed by atoms with Crippen molar-refractivity contribution in [2.45, 2.75) is 33.2 Å². The Morgan fingerprint density at radius 2 is 1.68 bits per heavy atom. The number of carbonyl (C=O) groups is 2. The van der Waals surface area contributed by atoms with Gasteiger partial charge in [0.15, 0.2) is 0 Å². The molecule has 1 rings (SSSR count). The van der Waals surface area contributed by atoms with Gasteiger partial charge in [-0.05, 0) is 38.5 Å². The first kappa shape index (κ1) is 17.8. The minimum atomic E-state index is -4.77. The number of benzene rings is 1. The maximum atomic E-state index is 12.0. The zero-order valence-electron chi connectivity index (χ0n) is 12.2. The normalized spacial score (nSPS) is 13.4. The molecule has 5 nitrogen and oxygen atoms in total. The van der Waals surface area contributed by atoms with Crippen molar-refractivity contribution < 1.29 is 32.6 Å². The van der Waals surface area contributed by atoms with Crippen molar-refractivity contribution in [3.63, 3.8) is 0 Å². The number of carbonyl (C=O) groups excluding carboxylic acids is 1. The Kier molecular flexibility index (Phi) is 5.05. The van der Waals surface area contributed by atoms with Gasteiger partial charge in [0, 0.05) is 0 Å². The summed E-state index contributed by atoms with van der Waals surface area (Å²) in [6.45, 7) is 4.12. The van der Waals surface area contributed by atoms with Gasteiger partial charge >= 0.3 is 12.3 Å². The van der Waals surface area contributed by atoms with Crippen LogP contribution in [0.1, 0.15) is 32.4 Å². The molecule has 0 fully saturated rings. The number of halogens is 3. The van der Waals surface area contributed by atoms with Crippen LogP contribution in [0.5, 0.6) is 5.75 Å². The Morgan fingerprint density at radius 1 is 1.18 bits per heavy atom. The van der Waals surface area contributed by atoms with Gasteiger partial charge < -0.3 is 15.2 Å². The molecule has 1 amide bonds. The Balaban J connectivity index is 2.76. The molecular weight excluding hydrogens is 303 g/mol. The lowest BCUT2D eigenvalue weighted by Gasteiger charge is -2.22. The standard InChI is InChI=1S/C14H16F3NO4/c1-8(18-11(19)13(2,3)12(20)21)9-4-6-10(7-5-9)22-14(15,16)17/h4-8H,1-3H3,(H,18,19)(H,20,21). The van der Waals surface area contributed by atoms with Crippen molar-refractivity contribution in [3.05, 3.63) is 29.8 Å². The first-order chi connectivity index (χ1) is 9.93. The fourth-order valence-corrected chi connectivity index (χ4v) is 1.52. The molecule has 0 saturated heterocycles. The van der Waals surface area contributed by atoms with E-state index in [0.29, 0.717) is 5.56 Å². The largest absolute Gasteiger partial charge is 0.573 e. The summed E-state index contributed by atoms with van der Waals surface area (Å²) in [6, 6.07) is 4.40. The lowest BCUT2D eigenvalue weighted by Crippen LogP contribution is -2.43. The van der Waals surface area contributed by atoms with E-state index in [1.165, 1.54) is 26.0 Å². The van der Waals surface area contributed by atoms with Crippen LogP contribution in [-0.4, -0.2) is 23.3 Å². The lowest BCUT2D eigenvalue weighted by molar-refractivity contribution is -0.274. The number of ether oxygens (including phenoxy) is 1. The highest BCUT2D eigenvalue weighted by atomic mass is 19.4. The zero-order valence-corrected chi connectivity index (χ0v) is 12.2. The summed E-state index contributed by atoms with van der Waals surface area (Å²) in [4.78, 5) is 22.9. The zero-order chi connectivity index (χ0) is 17.1.